The van der Waals surface area contributed by atoms with Crippen molar-refractivity contribution in [3.8, 4) is 0 Å². The van der Waals surface area contributed by atoms with Crippen LogP contribution < -0.4 is 11.1 Å². The largest absolute Gasteiger partial charge is 0.431 e. The van der Waals surface area contributed by atoms with E-state index in [4.69, 9.17) is 14.9 Å². The molecule has 3 N–H and O–H groups in total. The average Bonchev–Trinajstić information content (AvgIpc) is 2.32. The van der Waals surface area contributed by atoms with E-state index in [0.717, 1.165) is 6.08 Å². The summed E-state index contributed by atoms with van der Waals surface area (Å²) in [6, 6.07) is 0. The summed E-state index contributed by atoms with van der Waals surface area (Å²) in [4.78, 5) is 0. The molecule has 1 aliphatic heterocycles. The second-order valence-corrected chi connectivity index (χ2v) is 11.6. The van der Waals surface area contributed by atoms with Crippen molar-refractivity contribution < 1.29 is 22.3 Å². The van der Waals surface area contributed by atoms with Gasteiger partial charge in [-0.2, -0.15) is 13.2 Å². The number of nitrogens with two attached hydrogens (primary N) is 1. The molecule has 0 radical (unpaired) electrons. The van der Waals surface area contributed by atoms with Crippen LogP contribution in [0.5, 0.6) is 0 Å². The quantitative estimate of drug-likeness (QED) is 0.459. The topological polar surface area (TPSA) is 56.5 Å². The fourth-order valence-corrected chi connectivity index (χ4v) is 2.58. The van der Waals surface area contributed by atoms with Gasteiger partial charge in [0.15, 0.2) is 8.32 Å². The van der Waals surface area contributed by atoms with Crippen LogP contribution in [-0.2, 0) is 9.16 Å². The first-order valence-corrected chi connectivity index (χ1v) is 9.99. The van der Waals surface area contributed by atoms with Crippen molar-refractivity contribution in [2.24, 2.45) is 5.73 Å². The van der Waals surface area contributed by atoms with Crippen molar-refractivity contribution in [1.29, 1.82) is 0 Å². The molecule has 0 aromatic rings. The van der Waals surface area contributed by atoms with Crippen molar-refractivity contribution in [2.75, 3.05) is 13.2 Å². The van der Waals surface area contributed by atoms with Gasteiger partial charge >= 0.3 is 6.18 Å². The average molecular weight is 338 g/mol. The lowest BCUT2D eigenvalue weighted by molar-refractivity contribution is -0.114. The predicted molar refractivity (Wildman–Crippen MR) is 82.4 cm³/mol. The van der Waals surface area contributed by atoms with Crippen molar-refractivity contribution in [2.45, 2.75) is 50.9 Å². The molecule has 1 aliphatic rings. The number of alkyl halides is 3. The molecule has 22 heavy (non-hydrogen) atoms. The highest BCUT2D eigenvalue weighted by Gasteiger charge is 2.40. The predicted octanol–water partition coefficient (Wildman–Crippen LogP) is 3.24. The normalized spacial score (nSPS) is 23.2. The van der Waals surface area contributed by atoms with E-state index in [1.54, 1.807) is 0 Å². The van der Waals surface area contributed by atoms with Crippen LogP contribution in [0.3, 0.4) is 0 Å². The number of nitrogens with one attached hydrogen (secondary N) is 1. The van der Waals surface area contributed by atoms with Crippen LogP contribution in [0.1, 0.15) is 20.8 Å². The maximum Gasteiger partial charge on any atom is 0.431 e. The lowest BCUT2D eigenvalue weighted by Crippen LogP contribution is -2.57. The van der Waals surface area contributed by atoms with Crippen molar-refractivity contribution in [1.82, 2.24) is 5.32 Å². The van der Waals surface area contributed by atoms with Gasteiger partial charge in [0.05, 0.1) is 13.2 Å². The van der Waals surface area contributed by atoms with Crippen molar-refractivity contribution >= 4 is 8.32 Å². The van der Waals surface area contributed by atoms with Crippen LogP contribution in [0, 0.1) is 0 Å². The maximum absolute atomic E-state index is 12.7. The van der Waals surface area contributed by atoms with Gasteiger partial charge < -0.3 is 14.5 Å². The molecule has 0 fully saturated rings. The number of rotatable bonds is 5. The Morgan fingerprint density at radius 2 is 1.82 bits per heavy atom. The Kier molecular flexibility index (Phi) is 5.54. The Bertz CT molecular complexity index is 456. The molecule has 1 rings (SSSR count). The van der Waals surface area contributed by atoms with E-state index in [9.17, 15) is 13.2 Å². The highest BCUT2D eigenvalue weighted by atomic mass is 28.4. The fraction of sp³-hybridized carbons (Fsp3) is 0.714. The monoisotopic (exact) mass is 338 g/mol. The van der Waals surface area contributed by atoms with Crippen LogP contribution in [0.4, 0.5) is 13.2 Å². The first-order valence-electron chi connectivity index (χ1n) is 7.09. The second-order valence-electron chi connectivity index (χ2n) is 6.81. The SMILES string of the molecule is CC(C)(C)[Si](C)(C)OCCOC1(N)C=CC=C(C(F)(F)F)N1. The number of ether oxygens (including phenoxy) is 1. The summed E-state index contributed by atoms with van der Waals surface area (Å²) in [6.07, 6.45) is -1.00. The molecule has 1 atom stereocenters. The molecule has 0 aromatic carbocycles. The smallest absolute Gasteiger partial charge is 0.414 e. The van der Waals surface area contributed by atoms with Crippen LogP contribution >= 0.6 is 0 Å². The number of halogens is 3. The molecule has 128 valence electrons. The molecule has 0 saturated heterocycles. The zero-order valence-corrected chi connectivity index (χ0v) is 14.7. The summed E-state index contributed by atoms with van der Waals surface area (Å²) in [5.74, 6) is -1.67. The molecule has 0 aromatic heterocycles. The minimum Gasteiger partial charge on any atom is -0.414 e. The third-order valence-corrected chi connectivity index (χ3v) is 8.47. The molecule has 1 unspecified atom stereocenters. The summed E-state index contributed by atoms with van der Waals surface area (Å²) in [5.41, 5.74) is 4.85. The van der Waals surface area contributed by atoms with Gasteiger partial charge in [-0.05, 0) is 30.3 Å². The molecular weight excluding hydrogens is 313 g/mol. The molecular formula is C14H25F3N2O2Si. The maximum atomic E-state index is 12.7. The highest BCUT2D eigenvalue weighted by molar-refractivity contribution is 6.74. The molecule has 0 bridgehead atoms. The lowest BCUT2D eigenvalue weighted by Gasteiger charge is -2.37. The summed E-state index contributed by atoms with van der Waals surface area (Å²) in [5, 5.41) is 2.22. The molecule has 4 nitrogen and oxygen atoms in total. The van der Waals surface area contributed by atoms with Crippen molar-refractivity contribution in [3.63, 3.8) is 0 Å². The van der Waals surface area contributed by atoms with Gasteiger partial charge in [-0.15, -0.1) is 0 Å². The van der Waals surface area contributed by atoms with E-state index in [1.165, 1.54) is 12.2 Å². The molecule has 0 saturated carbocycles. The van der Waals surface area contributed by atoms with Crippen LogP contribution in [0.2, 0.25) is 18.1 Å². The first kappa shape index (κ1) is 19.2. The van der Waals surface area contributed by atoms with Gasteiger partial charge in [-0.25, -0.2) is 0 Å². The Labute approximate surface area is 130 Å². The third-order valence-electron chi connectivity index (χ3n) is 3.94. The highest BCUT2D eigenvalue weighted by Crippen LogP contribution is 2.36. The lowest BCUT2D eigenvalue weighted by atomic mass is 10.2. The van der Waals surface area contributed by atoms with E-state index >= 15 is 0 Å². The van der Waals surface area contributed by atoms with Gasteiger partial charge in [0, 0.05) is 0 Å². The van der Waals surface area contributed by atoms with Gasteiger partial charge in [0.2, 0.25) is 5.85 Å². The minimum atomic E-state index is -4.49. The van der Waals surface area contributed by atoms with Crippen LogP contribution in [-0.4, -0.2) is 33.6 Å². The van der Waals surface area contributed by atoms with Crippen LogP contribution in [0.15, 0.2) is 23.9 Å². The van der Waals surface area contributed by atoms with Crippen LogP contribution in [0.25, 0.3) is 0 Å². The van der Waals surface area contributed by atoms with E-state index in [0.29, 0.717) is 0 Å². The first-order chi connectivity index (χ1) is 9.77. The number of hydrogen-bond acceptors (Lipinski definition) is 4. The summed E-state index contributed by atoms with van der Waals surface area (Å²) in [6.45, 7) is 10.9. The van der Waals surface area contributed by atoms with Gasteiger partial charge in [-0.1, -0.05) is 26.8 Å². The number of hydrogen-bond donors (Lipinski definition) is 2. The number of allylic oxidation sites excluding steroid dienone is 3. The molecule has 0 spiro atoms. The van der Waals surface area contributed by atoms with Gasteiger partial charge in [0.25, 0.3) is 0 Å². The molecule has 0 amide bonds. The summed E-state index contributed by atoms with van der Waals surface area (Å²) < 4.78 is 49.2. The zero-order chi connectivity index (χ0) is 17.2. The number of dihydropyridines is 1. The molecule has 0 aliphatic carbocycles. The van der Waals surface area contributed by atoms with E-state index < -0.39 is 26.0 Å². The standard InChI is InChI=1S/C14H25F3N2O2Si/c1-12(2,3)22(4,5)21-10-9-20-13(18)8-6-7-11(19-13)14(15,16)17/h6-8,19H,9-10,18H2,1-5H3. The van der Waals surface area contributed by atoms with E-state index in [2.05, 4.69) is 39.2 Å². The Morgan fingerprint density at radius 3 is 2.32 bits per heavy atom. The fourth-order valence-electron chi connectivity index (χ4n) is 1.55. The van der Waals surface area contributed by atoms with E-state index in [1.807, 2.05) is 0 Å². The third kappa shape index (κ3) is 5.11. The summed E-state index contributed by atoms with van der Waals surface area (Å²) in [7, 11) is -1.91. The minimum absolute atomic E-state index is 0.0581. The molecule has 1 heterocycles. The van der Waals surface area contributed by atoms with Crippen molar-refractivity contribution in [3.05, 3.63) is 23.9 Å². The Hall–Kier alpha value is -0.833. The Balaban J connectivity index is 2.50. The van der Waals surface area contributed by atoms with E-state index in [-0.39, 0.29) is 18.3 Å². The van der Waals surface area contributed by atoms with Gasteiger partial charge in [-0.3, -0.25) is 5.73 Å². The van der Waals surface area contributed by atoms with Gasteiger partial charge in [0.1, 0.15) is 5.70 Å². The Morgan fingerprint density at radius 1 is 1.23 bits per heavy atom. The molecule has 8 heteroatoms. The summed E-state index contributed by atoms with van der Waals surface area (Å²) >= 11 is 0. The zero-order valence-electron chi connectivity index (χ0n) is 13.7. The second kappa shape index (κ2) is 6.35.